The lowest BCUT2D eigenvalue weighted by molar-refractivity contribution is -0.120. The van der Waals surface area contributed by atoms with Gasteiger partial charge in [0.25, 0.3) is 5.91 Å². The molecule has 1 aliphatic carbocycles. The van der Waals surface area contributed by atoms with Crippen LogP contribution in [0.1, 0.15) is 61.7 Å². The highest BCUT2D eigenvalue weighted by Gasteiger charge is 2.39. The maximum atomic E-state index is 13.0. The average molecular weight is 421 g/mol. The highest BCUT2D eigenvalue weighted by molar-refractivity contribution is 6.11. The summed E-state index contributed by atoms with van der Waals surface area (Å²) in [6.45, 7) is 0.590. The van der Waals surface area contributed by atoms with E-state index in [4.69, 9.17) is 0 Å². The molecule has 2 fully saturated rings. The Morgan fingerprint density at radius 2 is 1.87 bits per heavy atom. The SMILES string of the molecule is O=C(CC1(n2cccc2)CCCCC1)Nc1ccc2c(c1)C(=O)N1CCC[C@H]1C(=O)N2. The second-order valence-electron chi connectivity index (χ2n) is 9.01. The molecule has 162 valence electrons. The van der Waals surface area contributed by atoms with Gasteiger partial charge in [0.2, 0.25) is 11.8 Å². The normalized spacial score (nSPS) is 22.3. The maximum Gasteiger partial charge on any atom is 0.256 e. The summed E-state index contributed by atoms with van der Waals surface area (Å²) in [6.07, 6.45) is 11.4. The average Bonchev–Trinajstić information content (AvgIpc) is 3.46. The van der Waals surface area contributed by atoms with Crippen molar-refractivity contribution in [1.82, 2.24) is 9.47 Å². The van der Waals surface area contributed by atoms with Crippen LogP contribution in [0.3, 0.4) is 0 Å². The Balaban J connectivity index is 1.36. The van der Waals surface area contributed by atoms with Crippen LogP contribution in [0.5, 0.6) is 0 Å². The number of hydrogen-bond donors (Lipinski definition) is 2. The molecule has 3 aliphatic rings. The number of carbonyl (C=O) groups is 3. The molecule has 1 saturated heterocycles. The highest BCUT2D eigenvalue weighted by Crippen LogP contribution is 2.38. The minimum absolute atomic E-state index is 0.0558. The Labute approximate surface area is 181 Å². The molecular formula is C24H28N4O3. The van der Waals surface area contributed by atoms with E-state index < -0.39 is 6.04 Å². The summed E-state index contributed by atoms with van der Waals surface area (Å²) in [7, 11) is 0. The van der Waals surface area contributed by atoms with Gasteiger partial charge < -0.3 is 20.1 Å². The lowest BCUT2D eigenvalue weighted by Crippen LogP contribution is -2.40. The van der Waals surface area contributed by atoms with Crippen molar-refractivity contribution in [2.75, 3.05) is 17.2 Å². The molecule has 2 aliphatic heterocycles. The maximum absolute atomic E-state index is 13.0. The number of nitrogens with one attached hydrogen (secondary N) is 2. The van der Waals surface area contributed by atoms with E-state index >= 15 is 0 Å². The molecule has 0 bridgehead atoms. The third-order valence-electron chi connectivity index (χ3n) is 7.03. The van der Waals surface area contributed by atoms with Gasteiger partial charge in [0, 0.05) is 24.6 Å². The zero-order chi connectivity index (χ0) is 21.4. The Morgan fingerprint density at radius 3 is 2.65 bits per heavy atom. The molecule has 31 heavy (non-hydrogen) atoms. The lowest BCUT2D eigenvalue weighted by atomic mass is 9.78. The first-order chi connectivity index (χ1) is 15.1. The molecule has 3 heterocycles. The number of fused-ring (bicyclic) bond motifs is 2. The highest BCUT2D eigenvalue weighted by atomic mass is 16.2. The van der Waals surface area contributed by atoms with Gasteiger partial charge in [-0.15, -0.1) is 0 Å². The van der Waals surface area contributed by atoms with Crippen LogP contribution in [0, 0.1) is 0 Å². The topological polar surface area (TPSA) is 83.4 Å². The molecule has 2 N–H and O–H groups in total. The number of benzene rings is 1. The van der Waals surface area contributed by atoms with Gasteiger partial charge in [-0.1, -0.05) is 19.3 Å². The number of amides is 3. The van der Waals surface area contributed by atoms with Crippen molar-refractivity contribution < 1.29 is 14.4 Å². The third kappa shape index (κ3) is 3.62. The molecule has 0 radical (unpaired) electrons. The summed E-state index contributed by atoms with van der Waals surface area (Å²) >= 11 is 0. The number of nitrogens with zero attached hydrogens (tertiary/aromatic N) is 2. The van der Waals surface area contributed by atoms with E-state index in [0.717, 1.165) is 32.1 Å². The Morgan fingerprint density at radius 1 is 1.10 bits per heavy atom. The fourth-order valence-electron chi connectivity index (χ4n) is 5.45. The fourth-order valence-corrected chi connectivity index (χ4v) is 5.45. The summed E-state index contributed by atoms with van der Waals surface area (Å²) < 4.78 is 2.19. The smallest absolute Gasteiger partial charge is 0.256 e. The van der Waals surface area contributed by atoms with Crippen molar-refractivity contribution in [2.24, 2.45) is 0 Å². The predicted octanol–water partition coefficient (Wildman–Crippen LogP) is 3.73. The summed E-state index contributed by atoms with van der Waals surface area (Å²) in [6, 6.07) is 8.78. The lowest BCUT2D eigenvalue weighted by Gasteiger charge is -2.38. The van der Waals surface area contributed by atoms with Crippen molar-refractivity contribution in [2.45, 2.75) is 62.9 Å². The van der Waals surface area contributed by atoms with Crippen LogP contribution >= 0.6 is 0 Å². The van der Waals surface area contributed by atoms with E-state index in [0.29, 0.717) is 36.3 Å². The number of rotatable bonds is 4. The number of carbonyl (C=O) groups excluding carboxylic acids is 3. The summed E-state index contributed by atoms with van der Waals surface area (Å²) in [5.74, 6) is -0.338. The van der Waals surface area contributed by atoms with E-state index in [9.17, 15) is 14.4 Å². The second-order valence-corrected chi connectivity index (χ2v) is 9.01. The zero-order valence-electron chi connectivity index (χ0n) is 17.6. The fraction of sp³-hybridized carbons (Fsp3) is 0.458. The van der Waals surface area contributed by atoms with Gasteiger partial charge in [0.1, 0.15) is 6.04 Å². The quantitative estimate of drug-likeness (QED) is 0.791. The molecule has 3 amide bonds. The zero-order valence-corrected chi connectivity index (χ0v) is 17.6. The van der Waals surface area contributed by atoms with Gasteiger partial charge in [0.05, 0.1) is 23.2 Å². The summed E-state index contributed by atoms with van der Waals surface area (Å²) in [5, 5.41) is 5.88. The van der Waals surface area contributed by atoms with E-state index in [1.54, 1.807) is 23.1 Å². The van der Waals surface area contributed by atoms with Gasteiger partial charge in [-0.3, -0.25) is 14.4 Å². The molecule has 2 aromatic rings. The second kappa shape index (κ2) is 7.87. The number of aromatic nitrogens is 1. The molecule has 7 heteroatoms. The van der Waals surface area contributed by atoms with Crippen molar-refractivity contribution in [3.05, 3.63) is 48.3 Å². The van der Waals surface area contributed by atoms with Gasteiger partial charge in [-0.05, 0) is 56.0 Å². The van der Waals surface area contributed by atoms with Crippen molar-refractivity contribution in [3.8, 4) is 0 Å². The van der Waals surface area contributed by atoms with Gasteiger partial charge in [0.15, 0.2) is 0 Å². The molecule has 5 rings (SSSR count). The van der Waals surface area contributed by atoms with Crippen LogP contribution in [0.2, 0.25) is 0 Å². The molecule has 0 spiro atoms. The van der Waals surface area contributed by atoms with E-state index in [1.165, 1.54) is 6.42 Å². The van der Waals surface area contributed by atoms with E-state index in [-0.39, 0.29) is 23.3 Å². The van der Waals surface area contributed by atoms with Crippen molar-refractivity contribution in [3.63, 3.8) is 0 Å². The first kappa shape index (κ1) is 19.8. The van der Waals surface area contributed by atoms with Crippen molar-refractivity contribution >= 4 is 29.1 Å². The minimum atomic E-state index is -0.398. The van der Waals surface area contributed by atoms with Crippen LogP contribution in [0.4, 0.5) is 11.4 Å². The van der Waals surface area contributed by atoms with Gasteiger partial charge in [-0.2, -0.15) is 0 Å². The van der Waals surface area contributed by atoms with Gasteiger partial charge >= 0.3 is 0 Å². The van der Waals surface area contributed by atoms with E-state index in [2.05, 4.69) is 27.6 Å². The molecule has 1 saturated carbocycles. The Kier molecular flexibility index (Phi) is 5.04. The molecule has 7 nitrogen and oxygen atoms in total. The first-order valence-corrected chi connectivity index (χ1v) is 11.2. The summed E-state index contributed by atoms with van der Waals surface area (Å²) in [5.41, 5.74) is 1.35. The standard InChI is InChI=1S/C24H28N4O3/c29-21(16-24(10-2-1-3-11-24)27-12-4-5-13-27)25-17-8-9-19-18(15-17)23(31)28-14-6-7-20(28)22(30)26-19/h4-5,8-9,12-13,15,20H,1-3,6-7,10-11,14,16H2,(H,25,29)(H,26,30)/t20-/m0/s1. The number of hydrogen-bond acceptors (Lipinski definition) is 3. The monoisotopic (exact) mass is 420 g/mol. The Hall–Kier alpha value is -3.09. The van der Waals surface area contributed by atoms with Gasteiger partial charge in [-0.25, -0.2) is 0 Å². The number of anilines is 2. The molecular weight excluding hydrogens is 392 g/mol. The van der Waals surface area contributed by atoms with Crippen LogP contribution in [0.25, 0.3) is 0 Å². The minimum Gasteiger partial charge on any atom is -0.348 e. The van der Waals surface area contributed by atoms with Crippen LogP contribution in [0.15, 0.2) is 42.7 Å². The van der Waals surface area contributed by atoms with Crippen LogP contribution < -0.4 is 10.6 Å². The summed E-state index contributed by atoms with van der Waals surface area (Å²) in [4.78, 5) is 40.2. The largest absolute Gasteiger partial charge is 0.348 e. The molecule has 1 aromatic heterocycles. The van der Waals surface area contributed by atoms with Crippen LogP contribution in [-0.2, 0) is 15.1 Å². The molecule has 0 unspecified atom stereocenters. The predicted molar refractivity (Wildman–Crippen MR) is 118 cm³/mol. The Bertz CT molecular complexity index is 1010. The van der Waals surface area contributed by atoms with E-state index in [1.807, 2.05) is 12.1 Å². The van der Waals surface area contributed by atoms with Crippen molar-refractivity contribution in [1.29, 1.82) is 0 Å². The third-order valence-corrected chi connectivity index (χ3v) is 7.03. The molecule has 1 aromatic carbocycles. The first-order valence-electron chi connectivity index (χ1n) is 11.2. The van der Waals surface area contributed by atoms with Crippen LogP contribution in [-0.4, -0.2) is 39.8 Å². The molecule has 1 atom stereocenters.